The number of para-hydroxylation sites is 1. The molecular weight excluding hydrogens is 228 g/mol. The molecule has 0 spiro atoms. The number of rotatable bonds is 3. The fraction of sp³-hybridized carbons (Fsp3) is 0.143. The van der Waals surface area contributed by atoms with Gasteiger partial charge >= 0.3 is 0 Å². The Morgan fingerprint density at radius 3 is 2.00 bits per heavy atom. The Morgan fingerprint density at radius 1 is 0.833 bits per heavy atom. The summed E-state index contributed by atoms with van der Waals surface area (Å²) in [5.74, 6) is 0. The van der Waals surface area contributed by atoms with Crippen molar-refractivity contribution in [3.8, 4) is 11.1 Å². The maximum absolute atomic E-state index is 9.19. The van der Waals surface area contributed by atoms with Crippen molar-refractivity contribution >= 4 is 11.4 Å². The Balaban J connectivity index is 2.43. The third-order valence-corrected chi connectivity index (χ3v) is 2.81. The molecule has 0 aliphatic rings. The van der Waals surface area contributed by atoms with Crippen LogP contribution in [0.4, 0.5) is 11.4 Å². The number of hydrogen-bond acceptors (Lipinski definition) is 4. The smallest absolute Gasteiger partial charge is 0.102 e. The van der Waals surface area contributed by atoms with Crippen molar-refractivity contribution in [3.05, 3.63) is 48.5 Å². The minimum atomic E-state index is 0.148. The molecular formula is C14H16N2O2. The summed E-state index contributed by atoms with van der Waals surface area (Å²) >= 11 is 0. The molecule has 0 saturated carbocycles. The second kappa shape index (κ2) is 5.08. The zero-order valence-corrected chi connectivity index (χ0v) is 10.4. The van der Waals surface area contributed by atoms with Crippen molar-refractivity contribution in [2.75, 3.05) is 24.2 Å². The molecule has 0 heterocycles. The Labute approximate surface area is 106 Å². The number of nitrogens with zero attached hydrogens (tertiary/aromatic N) is 2. The highest BCUT2D eigenvalue weighted by Crippen LogP contribution is 2.30. The van der Waals surface area contributed by atoms with E-state index in [9.17, 15) is 10.4 Å². The van der Waals surface area contributed by atoms with Gasteiger partial charge in [-0.3, -0.25) is 10.4 Å². The molecule has 0 unspecified atom stereocenters. The maximum atomic E-state index is 9.19. The lowest BCUT2D eigenvalue weighted by Crippen LogP contribution is -2.12. The van der Waals surface area contributed by atoms with Gasteiger partial charge in [-0.05, 0) is 23.8 Å². The molecule has 0 radical (unpaired) electrons. The van der Waals surface area contributed by atoms with Gasteiger partial charge in [-0.25, -0.2) is 0 Å². The van der Waals surface area contributed by atoms with Gasteiger partial charge < -0.3 is 4.90 Å². The van der Waals surface area contributed by atoms with Crippen LogP contribution in [0.15, 0.2) is 48.5 Å². The predicted octanol–water partition coefficient (Wildman–Crippen LogP) is 3.00. The molecule has 2 aromatic carbocycles. The zero-order chi connectivity index (χ0) is 13.1. The van der Waals surface area contributed by atoms with Crippen LogP contribution in [0.25, 0.3) is 11.1 Å². The Bertz CT molecular complexity index is 522. The van der Waals surface area contributed by atoms with Crippen molar-refractivity contribution in [1.29, 1.82) is 0 Å². The van der Waals surface area contributed by atoms with Crippen LogP contribution in [0, 0.1) is 0 Å². The second-order valence-electron chi connectivity index (χ2n) is 4.25. The SMILES string of the molecule is CN(C)c1ccc(-c2ccccc2N(O)O)cc1. The fourth-order valence-electron chi connectivity index (χ4n) is 1.83. The topological polar surface area (TPSA) is 46.9 Å². The van der Waals surface area contributed by atoms with Gasteiger partial charge in [0.05, 0.1) is 0 Å². The summed E-state index contributed by atoms with van der Waals surface area (Å²) in [4.78, 5) is 2.01. The van der Waals surface area contributed by atoms with Gasteiger partial charge in [0, 0.05) is 25.3 Å². The van der Waals surface area contributed by atoms with Crippen molar-refractivity contribution in [3.63, 3.8) is 0 Å². The van der Waals surface area contributed by atoms with Crippen LogP contribution in [0.3, 0.4) is 0 Å². The molecule has 0 amide bonds. The summed E-state index contributed by atoms with van der Waals surface area (Å²) in [7, 11) is 3.96. The number of hydrogen-bond donors (Lipinski definition) is 2. The largest absolute Gasteiger partial charge is 0.378 e. The average molecular weight is 244 g/mol. The van der Waals surface area contributed by atoms with Gasteiger partial charge in [-0.15, -0.1) is 5.23 Å². The van der Waals surface area contributed by atoms with Crippen LogP contribution >= 0.6 is 0 Å². The van der Waals surface area contributed by atoms with Crippen LogP contribution in [0.2, 0.25) is 0 Å². The van der Waals surface area contributed by atoms with Gasteiger partial charge in [-0.2, -0.15) is 0 Å². The first-order valence-corrected chi connectivity index (χ1v) is 5.64. The highest BCUT2D eigenvalue weighted by atomic mass is 16.8. The van der Waals surface area contributed by atoms with E-state index in [1.807, 2.05) is 55.4 Å². The molecule has 0 fully saturated rings. The molecule has 4 heteroatoms. The van der Waals surface area contributed by atoms with Gasteiger partial charge in [0.1, 0.15) is 5.69 Å². The molecule has 2 rings (SSSR count). The average Bonchev–Trinajstić information content (AvgIpc) is 2.39. The molecule has 2 N–H and O–H groups in total. The van der Waals surface area contributed by atoms with Gasteiger partial charge in [0.15, 0.2) is 0 Å². The van der Waals surface area contributed by atoms with Gasteiger partial charge in [-0.1, -0.05) is 30.3 Å². The lowest BCUT2D eigenvalue weighted by Gasteiger charge is -2.15. The monoisotopic (exact) mass is 244 g/mol. The van der Waals surface area contributed by atoms with E-state index in [1.54, 1.807) is 12.1 Å². The molecule has 0 bridgehead atoms. The highest BCUT2D eigenvalue weighted by molar-refractivity contribution is 5.78. The van der Waals surface area contributed by atoms with E-state index in [1.165, 1.54) is 0 Å². The Hall–Kier alpha value is -2.04. The van der Waals surface area contributed by atoms with Crippen molar-refractivity contribution in [1.82, 2.24) is 0 Å². The van der Waals surface area contributed by atoms with Crippen molar-refractivity contribution < 1.29 is 10.4 Å². The molecule has 0 aliphatic carbocycles. The number of benzene rings is 2. The summed E-state index contributed by atoms with van der Waals surface area (Å²) < 4.78 is 0. The van der Waals surface area contributed by atoms with Crippen molar-refractivity contribution in [2.24, 2.45) is 0 Å². The predicted molar refractivity (Wildman–Crippen MR) is 72.3 cm³/mol. The first-order chi connectivity index (χ1) is 8.59. The summed E-state index contributed by atoms with van der Waals surface area (Å²) in [5.41, 5.74) is 3.16. The van der Waals surface area contributed by atoms with Crippen LogP contribution in [0.5, 0.6) is 0 Å². The van der Waals surface area contributed by atoms with E-state index < -0.39 is 0 Å². The third-order valence-electron chi connectivity index (χ3n) is 2.81. The van der Waals surface area contributed by atoms with Crippen LogP contribution < -0.4 is 10.1 Å². The van der Waals surface area contributed by atoms with Crippen LogP contribution in [0.1, 0.15) is 0 Å². The summed E-state index contributed by atoms with van der Waals surface area (Å²) in [6.07, 6.45) is 0. The molecule has 0 aromatic heterocycles. The maximum Gasteiger partial charge on any atom is 0.102 e. The standard InChI is InChI=1S/C14H16N2O2/c1-15(2)12-9-7-11(8-10-12)13-5-3-4-6-14(13)16(17)18/h3-10,17-18H,1-2H3. The highest BCUT2D eigenvalue weighted by Gasteiger charge is 2.08. The summed E-state index contributed by atoms with van der Waals surface area (Å²) in [5, 5.41) is 18.5. The zero-order valence-electron chi connectivity index (χ0n) is 10.4. The first kappa shape index (κ1) is 12.4. The molecule has 18 heavy (non-hydrogen) atoms. The minimum Gasteiger partial charge on any atom is -0.378 e. The lowest BCUT2D eigenvalue weighted by molar-refractivity contribution is 0.0295. The van der Waals surface area contributed by atoms with E-state index in [4.69, 9.17) is 0 Å². The first-order valence-electron chi connectivity index (χ1n) is 5.64. The normalized spacial score (nSPS) is 10.2. The van der Waals surface area contributed by atoms with E-state index in [0.717, 1.165) is 16.8 Å². The summed E-state index contributed by atoms with van der Waals surface area (Å²) in [6.45, 7) is 0. The molecule has 0 aliphatic heterocycles. The van der Waals surface area contributed by atoms with E-state index in [-0.39, 0.29) is 5.23 Å². The fourth-order valence-corrected chi connectivity index (χ4v) is 1.83. The van der Waals surface area contributed by atoms with Gasteiger partial charge in [0.25, 0.3) is 0 Å². The Kier molecular flexibility index (Phi) is 3.50. The van der Waals surface area contributed by atoms with Gasteiger partial charge in [0.2, 0.25) is 0 Å². The van der Waals surface area contributed by atoms with Crippen LogP contribution in [-0.2, 0) is 0 Å². The Morgan fingerprint density at radius 2 is 1.44 bits per heavy atom. The summed E-state index contributed by atoms with van der Waals surface area (Å²) in [6, 6.07) is 15.0. The minimum absolute atomic E-state index is 0.148. The van der Waals surface area contributed by atoms with E-state index in [2.05, 4.69) is 0 Å². The van der Waals surface area contributed by atoms with E-state index in [0.29, 0.717) is 5.69 Å². The molecule has 94 valence electrons. The molecule has 0 atom stereocenters. The molecule has 2 aromatic rings. The molecule has 4 nitrogen and oxygen atoms in total. The van der Waals surface area contributed by atoms with Crippen LogP contribution in [-0.4, -0.2) is 24.5 Å². The quantitative estimate of drug-likeness (QED) is 0.815. The second-order valence-corrected chi connectivity index (χ2v) is 4.25. The van der Waals surface area contributed by atoms with E-state index >= 15 is 0 Å². The number of anilines is 2. The van der Waals surface area contributed by atoms with Crippen molar-refractivity contribution in [2.45, 2.75) is 0 Å². The molecule has 0 saturated heterocycles. The lowest BCUT2D eigenvalue weighted by atomic mass is 10.0. The third kappa shape index (κ3) is 2.45.